The predicted octanol–water partition coefficient (Wildman–Crippen LogP) is 20.2. The lowest BCUT2D eigenvalue weighted by molar-refractivity contribution is -0.870. The normalized spacial score (nSPS) is 14.2. The molecule has 0 saturated carbocycles. The van der Waals surface area contributed by atoms with Crippen molar-refractivity contribution in [2.24, 2.45) is 0 Å². The van der Waals surface area contributed by atoms with Gasteiger partial charge in [0, 0.05) is 12.8 Å². The van der Waals surface area contributed by atoms with Gasteiger partial charge in [-0.3, -0.25) is 18.6 Å². The van der Waals surface area contributed by atoms with Crippen LogP contribution in [-0.4, -0.2) is 74.3 Å². The van der Waals surface area contributed by atoms with E-state index >= 15 is 0 Å². The molecule has 1 amide bonds. The zero-order valence-electron chi connectivity index (χ0n) is 51.6. The van der Waals surface area contributed by atoms with Gasteiger partial charge < -0.3 is 19.4 Å². The van der Waals surface area contributed by atoms with Crippen molar-refractivity contribution in [3.63, 3.8) is 0 Å². The zero-order valence-corrected chi connectivity index (χ0v) is 52.5. The van der Waals surface area contributed by atoms with Crippen LogP contribution in [0, 0.1) is 0 Å². The summed E-state index contributed by atoms with van der Waals surface area (Å²) < 4.78 is 30.7. The number of unbranched alkanes of at least 4 members (excludes halogenated alkanes) is 30. The van der Waals surface area contributed by atoms with Crippen molar-refractivity contribution in [3.05, 3.63) is 85.1 Å². The minimum Gasteiger partial charge on any atom is -0.456 e. The standard InChI is InChI=1S/C68H123N2O7P/c1-7-10-13-16-19-22-25-28-30-31-32-33-34-35-36-37-38-39-41-42-45-48-51-54-57-60-67(71)69-65(64-76-78(73,74)75-63-62-70(4,5)6)66(59-56-53-50-47-44-27-24-21-18-15-12-9-3)77-68(72)61-58-55-52-49-46-43-40-29-26-23-20-17-14-11-8-2/h10,13,19,22,28,30,32-33,35-36,38-39,56,59,65-66H,7-9,11-12,14-18,20-21,23-27,29,31,34,37,40-55,57-58,60-64H2,1-6H3,(H-,69,71,73,74)/p+1/b13-10-,22-19-,30-28-,33-32-,36-35-,39-38-,59-56-. The maximum atomic E-state index is 13.6. The number of hydrogen-bond acceptors (Lipinski definition) is 6. The van der Waals surface area contributed by atoms with E-state index < -0.39 is 20.0 Å². The molecule has 0 aliphatic rings. The molecule has 0 aromatic rings. The van der Waals surface area contributed by atoms with Crippen molar-refractivity contribution < 1.29 is 37.3 Å². The number of amides is 1. The highest BCUT2D eigenvalue weighted by Crippen LogP contribution is 2.43. The fourth-order valence-corrected chi connectivity index (χ4v) is 9.86. The molecule has 2 N–H and O–H groups in total. The minimum atomic E-state index is -4.46. The van der Waals surface area contributed by atoms with Crippen LogP contribution in [0.2, 0.25) is 0 Å². The van der Waals surface area contributed by atoms with Crippen molar-refractivity contribution in [2.45, 2.75) is 296 Å². The number of quaternary nitrogens is 1. The summed E-state index contributed by atoms with van der Waals surface area (Å²) in [6.45, 7) is 6.90. The number of allylic oxidation sites excluding steroid dienone is 13. The Hall–Kier alpha value is -2.81. The summed E-state index contributed by atoms with van der Waals surface area (Å²) in [6, 6.07) is -0.858. The van der Waals surface area contributed by atoms with Crippen LogP contribution in [0.3, 0.4) is 0 Å². The third kappa shape index (κ3) is 57.9. The fraction of sp³-hybridized carbons (Fsp3) is 0.765. The first-order valence-corrected chi connectivity index (χ1v) is 33.9. The quantitative estimate of drug-likeness (QED) is 0.0205. The largest absolute Gasteiger partial charge is 0.472 e. The molecule has 78 heavy (non-hydrogen) atoms. The van der Waals surface area contributed by atoms with E-state index in [-0.39, 0.29) is 31.5 Å². The van der Waals surface area contributed by atoms with Gasteiger partial charge in [-0.1, -0.05) is 273 Å². The van der Waals surface area contributed by atoms with E-state index in [1.807, 2.05) is 33.3 Å². The van der Waals surface area contributed by atoms with E-state index in [2.05, 4.69) is 99.0 Å². The molecule has 0 saturated heterocycles. The van der Waals surface area contributed by atoms with Gasteiger partial charge in [-0.05, 0) is 83.1 Å². The minimum absolute atomic E-state index is 0.0350. The van der Waals surface area contributed by atoms with Crippen LogP contribution in [0.4, 0.5) is 0 Å². The van der Waals surface area contributed by atoms with Crippen LogP contribution in [0.5, 0.6) is 0 Å². The maximum Gasteiger partial charge on any atom is 0.472 e. The number of hydrogen-bond donors (Lipinski definition) is 2. The highest BCUT2D eigenvalue weighted by Gasteiger charge is 2.30. The Kier molecular flexibility index (Phi) is 55.4. The summed E-state index contributed by atoms with van der Waals surface area (Å²) in [7, 11) is 1.48. The van der Waals surface area contributed by atoms with Crippen molar-refractivity contribution in [3.8, 4) is 0 Å². The molecule has 3 unspecified atom stereocenters. The lowest BCUT2D eigenvalue weighted by Crippen LogP contribution is -2.47. The van der Waals surface area contributed by atoms with Gasteiger partial charge in [-0.25, -0.2) is 4.57 Å². The summed E-state index contributed by atoms with van der Waals surface area (Å²) in [5.74, 6) is -0.517. The molecule has 0 aromatic carbocycles. The number of nitrogens with zero attached hydrogens (tertiary/aromatic N) is 1. The van der Waals surface area contributed by atoms with Gasteiger partial charge in [0.05, 0.1) is 33.8 Å². The smallest absolute Gasteiger partial charge is 0.456 e. The van der Waals surface area contributed by atoms with Crippen molar-refractivity contribution in [1.29, 1.82) is 0 Å². The molecule has 0 aliphatic carbocycles. The van der Waals surface area contributed by atoms with E-state index in [1.54, 1.807) is 0 Å². The number of carbonyl (C=O) groups is 2. The van der Waals surface area contributed by atoms with E-state index in [0.29, 0.717) is 17.4 Å². The number of phosphoric acid groups is 1. The topological polar surface area (TPSA) is 111 Å². The second-order valence-corrected chi connectivity index (χ2v) is 24.4. The number of ether oxygens (including phenoxy) is 1. The molecule has 0 heterocycles. The molecule has 0 rings (SSSR count). The summed E-state index contributed by atoms with van der Waals surface area (Å²) in [6.07, 6.45) is 75.8. The monoisotopic (exact) mass is 1110 g/mol. The van der Waals surface area contributed by atoms with E-state index in [4.69, 9.17) is 13.8 Å². The number of nitrogens with one attached hydrogen (secondary N) is 1. The maximum absolute atomic E-state index is 13.6. The average Bonchev–Trinajstić information content (AvgIpc) is 3.40. The van der Waals surface area contributed by atoms with Crippen molar-refractivity contribution in [2.75, 3.05) is 40.9 Å². The predicted molar refractivity (Wildman–Crippen MR) is 337 cm³/mol. The van der Waals surface area contributed by atoms with Crippen LogP contribution in [0.15, 0.2) is 85.1 Å². The van der Waals surface area contributed by atoms with E-state index in [0.717, 1.165) is 122 Å². The second kappa shape index (κ2) is 57.4. The van der Waals surface area contributed by atoms with Crippen LogP contribution in [0.1, 0.15) is 284 Å². The molecule has 0 spiro atoms. The first-order chi connectivity index (χ1) is 37.9. The summed E-state index contributed by atoms with van der Waals surface area (Å²) in [5, 5.41) is 3.05. The molecule has 0 fully saturated rings. The molecule has 0 bridgehead atoms. The van der Waals surface area contributed by atoms with Crippen LogP contribution >= 0.6 is 7.82 Å². The number of likely N-dealkylation sites (N-methyl/N-ethyl adjacent to an activating group) is 1. The Balaban J connectivity index is 5.19. The number of rotatable bonds is 58. The van der Waals surface area contributed by atoms with Crippen LogP contribution in [0.25, 0.3) is 0 Å². The fourth-order valence-electron chi connectivity index (χ4n) is 9.12. The van der Waals surface area contributed by atoms with Crippen molar-refractivity contribution >= 4 is 19.7 Å². The van der Waals surface area contributed by atoms with Crippen molar-refractivity contribution in [1.82, 2.24) is 5.32 Å². The number of phosphoric ester groups is 1. The Morgan fingerprint density at radius 2 is 0.821 bits per heavy atom. The Morgan fingerprint density at radius 1 is 0.462 bits per heavy atom. The third-order valence-corrected chi connectivity index (χ3v) is 15.1. The van der Waals surface area contributed by atoms with E-state index in [9.17, 15) is 19.0 Å². The molecule has 452 valence electrons. The Morgan fingerprint density at radius 3 is 1.23 bits per heavy atom. The first-order valence-electron chi connectivity index (χ1n) is 32.4. The molecular formula is C68H124N2O7P+. The van der Waals surface area contributed by atoms with Gasteiger partial charge in [0.15, 0.2) is 0 Å². The van der Waals surface area contributed by atoms with Gasteiger partial charge in [0.2, 0.25) is 5.91 Å². The molecule has 0 aliphatic heterocycles. The lowest BCUT2D eigenvalue weighted by atomic mass is 10.0. The molecule has 9 nitrogen and oxygen atoms in total. The molecule has 3 atom stereocenters. The van der Waals surface area contributed by atoms with Gasteiger partial charge in [-0.2, -0.15) is 0 Å². The highest BCUT2D eigenvalue weighted by molar-refractivity contribution is 7.47. The summed E-state index contributed by atoms with van der Waals surface area (Å²) in [4.78, 5) is 37.7. The Bertz CT molecular complexity index is 1610. The molecule has 10 heteroatoms. The number of carbonyl (C=O) groups excluding carboxylic acids is 2. The Labute approximate surface area is 482 Å². The van der Waals surface area contributed by atoms with Gasteiger partial charge in [0.1, 0.15) is 19.3 Å². The van der Waals surface area contributed by atoms with Gasteiger partial charge in [-0.15, -0.1) is 0 Å². The van der Waals surface area contributed by atoms with Gasteiger partial charge >= 0.3 is 13.8 Å². The molecule has 0 aromatic heterocycles. The zero-order chi connectivity index (χ0) is 57.2. The molecular weight excluding hydrogens is 988 g/mol. The number of esters is 1. The van der Waals surface area contributed by atoms with Crippen LogP contribution in [-0.2, 0) is 27.9 Å². The van der Waals surface area contributed by atoms with Gasteiger partial charge in [0.25, 0.3) is 0 Å². The summed E-state index contributed by atoms with van der Waals surface area (Å²) >= 11 is 0. The molecule has 0 radical (unpaired) electrons. The third-order valence-electron chi connectivity index (χ3n) is 14.1. The van der Waals surface area contributed by atoms with Crippen LogP contribution < -0.4 is 5.32 Å². The van der Waals surface area contributed by atoms with E-state index in [1.165, 1.54) is 128 Å². The SMILES string of the molecule is CC/C=C\C/C=C\C/C=C\C/C=C\C/C=C\C/C=C\CCCCCCCCC(=O)NC(COP(=O)(O)OCC[N+](C)(C)C)C(/C=C\CCCCCCCCCCCC)OC(=O)CCCCCCCCCCCCCCCCC. The first kappa shape index (κ1) is 75.2. The lowest BCUT2D eigenvalue weighted by Gasteiger charge is -2.27. The highest BCUT2D eigenvalue weighted by atomic mass is 31.2. The summed E-state index contributed by atoms with van der Waals surface area (Å²) in [5.41, 5.74) is 0. The second-order valence-electron chi connectivity index (χ2n) is 22.9. The average molecular weight is 1110 g/mol.